The lowest BCUT2D eigenvalue weighted by atomic mass is 9.97. The Hall–Kier alpha value is -7.41. The van der Waals surface area contributed by atoms with Crippen molar-refractivity contribution in [2.24, 2.45) is 0 Å². The Morgan fingerprint density at radius 3 is 1.23 bits per heavy atom. The third-order valence-corrected chi connectivity index (χ3v) is 12.3. The van der Waals surface area contributed by atoms with E-state index in [1.165, 1.54) is 31.3 Å². The highest BCUT2D eigenvalue weighted by Gasteiger charge is 2.20. The van der Waals surface area contributed by atoms with Gasteiger partial charge >= 0.3 is 0 Å². The fraction of sp³-hybridized carbons (Fsp3) is 0. The van der Waals surface area contributed by atoms with Crippen LogP contribution in [0, 0.1) is 0 Å². The molecule has 0 radical (unpaired) electrons. The van der Waals surface area contributed by atoms with Crippen LogP contribution in [0.1, 0.15) is 0 Å². The molecule has 0 atom stereocenters. The normalized spacial score (nSPS) is 11.9. The summed E-state index contributed by atoms with van der Waals surface area (Å²) in [5.74, 6) is 1.74. The summed E-state index contributed by atoms with van der Waals surface area (Å²) in [4.78, 5) is 15.9. The van der Waals surface area contributed by atoms with Gasteiger partial charge in [-0.25, -0.2) is 0 Å². The molecule has 12 aromatic rings. The number of aromatic nitrogens is 5. The van der Waals surface area contributed by atoms with Gasteiger partial charge in [-0.2, -0.15) is 15.0 Å². The van der Waals surface area contributed by atoms with Crippen molar-refractivity contribution in [1.82, 2.24) is 24.1 Å². The Morgan fingerprint density at radius 2 is 0.702 bits per heavy atom. The highest BCUT2D eigenvalue weighted by atomic mass is 32.1. The molecule has 5 nitrogen and oxygen atoms in total. The number of para-hydroxylation sites is 4. The standard InChI is InChI=1S/C51H31N5S/c1-6-22-43-37(17-1)38-18-2-7-23-44(38)55(43)50-52-49(53-51(54-50)56-45-24-8-3-19-39(45)40-20-4-9-25-46(40)56)36-16-12-15-34(30-36)32-13-11-14-33(29-32)35-27-28-42-41-21-5-10-26-47(41)57-48(42)31-35/h1-31H. The van der Waals surface area contributed by atoms with Crippen molar-refractivity contribution in [3.8, 4) is 45.5 Å². The van der Waals surface area contributed by atoms with Crippen LogP contribution in [0.3, 0.4) is 0 Å². The molecular formula is C51H31N5S. The van der Waals surface area contributed by atoms with E-state index in [0.717, 1.165) is 60.3 Å². The van der Waals surface area contributed by atoms with Crippen LogP contribution in [0.2, 0.25) is 0 Å². The molecule has 0 N–H and O–H groups in total. The van der Waals surface area contributed by atoms with Crippen LogP contribution >= 0.6 is 11.3 Å². The molecule has 6 heteroatoms. The molecule has 0 aliphatic heterocycles. The molecule has 57 heavy (non-hydrogen) atoms. The SMILES string of the molecule is c1cc(-c2cccc(-c3nc(-n4c5ccccc5c5ccccc54)nc(-n4c5ccccc5c5ccccc54)n3)c2)cc(-c2ccc3c(c2)sc2ccccc23)c1. The lowest BCUT2D eigenvalue weighted by Crippen LogP contribution is -2.10. The molecule has 0 spiro atoms. The molecule has 0 aliphatic rings. The van der Waals surface area contributed by atoms with Crippen LogP contribution in [0.15, 0.2) is 188 Å². The Morgan fingerprint density at radius 1 is 0.298 bits per heavy atom. The molecule has 0 saturated heterocycles. The first-order valence-corrected chi connectivity index (χ1v) is 19.9. The third kappa shape index (κ3) is 5.04. The molecule has 4 aromatic heterocycles. The second kappa shape index (κ2) is 12.6. The predicted octanol–water partition coefficient (Wildman–Crippen LogP) is 13.4. The smallest absolute Gasteiger partial charge is 0.240 e. The summed E-state index contributed by atoms with van der Waals surface area (Å²) in [7, 11) is 0. The number of benzene rings is 8. The summed E-state index contributed by atoms with van der Waals surface area (Å²) >= 11 is 1.85. The average Bonchev–Trinajstić information content (AvgIpc) is 3.94. The number of rotatable bonds is 5. The first kappa shape index (κ1) is 31.9. The Bertz CT molecular complexity index is 3310. The van der Waals surface area contributed by atoms with Crippen LogP contribution in [-0.2, 0) is 0 Å². The second-order valence-electron chi connectivity index (χ2n) is 14.5. The summed E-state index contributed by atoms with van der Waals surface area (Å²) in [5.41, 5.74) is 9.70. The summed E-state index contributed by atoms with van der Waals surface area (Å²) in [5, 5.41) is 7.24. The lowest BCUT2D eigenvalue weighted by Gasteiger charge is -2.13. The van der Waals surface area contributed by atoms with Gasteiger partial charge in [0.2, 0.25) is 11.9 Å². The molecule has 8 aromatic carbocycles. The Kier molecular flexibility index (Phi) is 7.03. The Balaban J connectivity index is 1.04. The maximum Gasteiger partial charge on any atom is 0.240 e. The molecule has 0 fully saturated rings. The van der Waals surface area contributed by atoms with E-state index in [2.05, 4.69) is 197 Å². The van der Waals surface area contributed by atoms with E-state index < -0.39 is 0 Å². The van der Waals surface area contributed by atoms with Gasteiger partial charge in [-0.15, -0.1) is 11.3 Å². The zero-order valence-corrected chi connectivity index (χ0v) is 31.4. The van der Waals surface area contributed by atoms with Gasteiger partial charge in [-0.05, 0) is 70.8 Å². The molecular weight excluding hydrogens is 715 g/mol. The fourth-order valence-electron chi connectivity index (χ4n) is 8.58. The summed E-state index contributed by atoms with van der Waals surface area (Å²) in [6.45, 7) is 0. The zero-order chi connectivity index (χ0) is 37.5. The average molecular weight is 746 g/mol. The van der Waals surface area contributed by atoms with Gasteiger partial charge in [0.1, 0.15) is 0 Å². The van der Waals surface area contributed by atoms with Gasteiger partial charge in [0.25, 0.3) is 0 Å². The van der Waals surface area contributed by atoms with Crippen molar-refractivity contribution >= 4 is 75.1 Å². The molecule has 0 unspecified atom stereocenters. The van der Waals surface area contributed by atoms with E-state index in [0.29, 0.717) is 17.7 Å². The minimum absolute atomic E-state index is 0.568. The van der Waals surface area contributed by atoms with Gasteiger partial charge in [0.05, 0.1) is 22.1 Å². The van der Waals surface area contributed by atoms with Gasteiger partial charge in [0, 0.05) is 47.3 Å². The van der Waals surface area contributed by atoms with Crippen LogP contribution in [-0.4, -0.2) is 24.1 Å². The number of hydrogen-bond donors (Lipinski definition) is 0. The highest BCUT2D eigenvalue weighted by molar-refractivity contribution is 7.25. The molecule has 0 saturated carbocycles. The maximum absolute atomic E-state index is 5.31. The topological polar surface area (TPSA) is 48.5 Å². The molecule has 0 bridgehead atoms. The molecule has 0 amide bonds. The van der Waals surface area contributed by atoms with Crippen molar-refractivity contribution in [3.05, 3.63) is 188 Å². The van der Waals surface area contributed by atoms with Gasteiger partial charge < -0.3 is 0 Å². The molecule has 0 aliphatic carbocycles. The Labute approximate surface area is 331 Å². The maximum atomic E-state index is 5.31. The molecule has 4 heterocycles. The van der Waals surface area contributed by atoms with Crippen LogP contribution in [0.5, 0.6) is 0 Å². The van der Waals surface area contributed by atoms with Gasteiger partial charge in [0.15, 0.2) is 5.82 Å². The summed E-state index contributed by atoms with van der Waals surface area (Å²) in [6, 6.07) is 66.8. The van der Waals surface area contributed by atoms with E-state index in [4.69, 9.17) is 15.0 Å². The second-order valence-corrected chi connectivity index (χ2v) is 15.6. The number of hydrogen-bond acceptors (Lipinski definition) is 4. The van der Waals surface area contributed by atoms with Gasteiger partial charge in [-0.1, -0.05) is 140 Å². The third-order valence-electron chi connectivity index (χ3n) is 11.2. The predicted molar refractivity (Wildman–Crippen MR) is 238 cm³/mol. The first-order chi connectivity index (χ1) is 28.2. The number of nitrogens with zero attached hydrogens (tertiary/aromatic N) is 5. The van der Waals surface area contributed by atoms with Crippen LogP contribution < -0.4 is 0 Å². The first-order valence-electron chi connectivity index (χ1n) is 19.1. The molecule has 12 rings (SSSR count). The summed E-state index contributed by atoms with van der Waals surface area (Å²) < 4.78 is 6.97. The van der Waals surface area contributed by atoms with Gasteiger partial charge in [-0.3, -0.25) is 9.13 Å². The largest absolute Gasteiger partial charge is 0.278 e. The van der Waals surface area contributed by atoms with Crippen LogP contribution in [0.4, 0.5) is 0 Å². The number of fused-ring (bicyclic) bond motifs is 9. The van der Waals surface area contributed by atoms with E-state index >= 15 is 0 Å². The van der Waals surface area contributed by atoms with E-state index in [9.17, 15) is 0 Å². The van der Waals surface area contributed by atoms with E-state index in [1.807, 2.05) is 11.3 Å². The quantitative estimate of drug-likeness (QED) is 0.176. The van der Waals surface area contributed by atoms with Crippen molar-refractivity contribution in [2.75, 3.05) is 0 Å². The number of thiophene rings is 1. The lowest BCUT2D eigenvalue weighted by molar-refractivity contribution is 0.893. The van der Waals surface area contributed by atoms with Crippen LogP contribution in [0.25, 0.3) is 109 Å². The fourth-order valence-corrected chi connectivity index (χ4v) is 9.73. The van der Waals surface area contributed by atoms with E-state index in [1.54, 1.807) is 0 Å². The van der Waals surface area contributed by atoms with Crippen molar-refractivity contribution in [3.63, 3.8) is 0 Å². The van der Waals surface area contributed by atoms with Crippen molar-refractivity contribution < 1.29 is 0 Å². The monoisotopic (exact) mass is 745 g/mol. The van der Waals surface area contributed by atoms with E-state index in [-0.39, 0.29) is 0 Å². The van der Waals surface area contributed by atoms with Crippen molar-refractivity contribution in [1.29, 1.82) is 0 Å². The summed E-state index contributed by atoms with van der Waals surface area (Å²) in [6.07, 6.45) is 0. The minimum Gasteiger partial charge on any atom is -0.278 e. The zero-order valence-electron chi connectivity index (χ0n) is 30.5. The minimum atomic E-state index is 0.568. The van der Waals surface area contributed by atoms with Crippen molar-refractivity contribution in [2.45, 2.75) is 0 Å². The molecule has 266 valence electrons. The highest BCUT2D eigenvalue weighted by Crippen LogP contribution is 2.38.